The van der Waals surface area contributed by atoms with Gasteiger partial charge in [-0.1, -0.05) is 18.9 Å². The van der Waals surface area contributed by atoms with Crippen molar-refractivity contribution < 1.29 is 14.4 Å². The zero-order chi connectivity index (χ0) is 26.7. The number of pyridine rings is 1. The van der Waals surface area contributed by atoms with Gasteiger partial charge in [-0.2, -0.15) is 0 Å². The van der Waals surface area contributed by atoms with Gasteiger partial charge >= 0.3 is 0 Å². The number of nitrogens with zero attached hydrogens (tertiary/aromatic N) is 4. The highest BCUT2D eigenvalue weighted by molar-refractivity contribution is 6.05. The van der Waals surface area contributed by atoms with Crippen LogP contribution in [0.5, 0.6) is 0 Å². The van der Waals surface area contributed by atoms with Gasteiger partial charge in [-0.05, 0) is 86.0 Å². The van der Waals surface area contributed by atoms with Crippen molar-refractivity contribution in [2.45, 2.75) is 70.5 Å². The molecular formula is C31H35N5O3. The van der Waals surface area contributed by atoms with Crippen molar-refractivity contribution >= 4 is 28.8 Å². The van der Waals surface area contributed by atoms with Crippen LogP contribution in [0.1, 0.15) is 72.9 Å². The van der Waals surface area contributed by atoms with Crippen LogP contribution in [0.15, 0.2) is 36.5 Å². The molecule has 1 N–H and O–H groups in total. The number of rotatable bonds is 4. The van der Waals surface area contributed by atoms with Crippen molar-refractivity contribution in [1.29, 1.82) is 0 Å². The minimum absolute atomic E-state index is 0.150. The third kappa shape index (κ3) is 4.25. The normalized spacial score (nSPS) is 23.2. The molecule has 39 heavy (non-hydrogen) atoms. The molecule has 5 heterocycles. The van der Waals surface area contributed by atoms with E-state index < -0.39 is 6.04 Å². The van der Waals surface area contributed by atoms with Gasteiger partial charge < -0.3 is 9.47 Å². The quantitative estimate of drug-likeness (QED) is 0.517. The van der Waals surface area contributed by atoms with E-state index in [0.717, 1.165) is 42.1 Å². The first-order valence-corrected chi connectivity index (χ1v) is 14.3. The summed E-state index contributed by atoms with van der Waals surface area (Å²) in [6.07, 6.45) is 10.9. The predicted octanol–water partition coefficient (Wildman–Crippen LogP) is 4.16. The molecule has 3 aromatic rings. The first-order valence-electron chi connectivity index (χ1n) is 14.3. The van der Waals surface area contributed by atoms with E-state index in [0.29, 0.717) is 23.9 Å². The fourth-order valence-electron chi connectivity index (χ4n) is 7.36. The topological polar surface area (TPSA) is 87.5 Å². The van der Waals surface area contributed by atoms with Crippen LogP contribution in [0, 0.1) is 5.41 Å². The van der Waals surface area contributed by atoms with Crippen LogP contribution >= 0.6 is 0 Å². The molecule has 2 aromatic heterocycles. The van der Waals surface area contributed by atoms with E-state index in [1.165, 1.54) is 49.5 Å². The van der Waals surface area contributed by atoms with E-state index in [1.54, 1.807) is 4.90 Å². The minimum atomic E-state index is -0.608. The molecule has 1 aliphatic carbocycles. The van der Waals surface area contributed by atoms with E-state index >= 15 is 0 Å². The molecule has 1 saturated carbocycles. The van der Waals surface area contributed by atoms with Crippen LogP contribution in [0.25, 0.3) is 22.3 Å². The number of likely N-dealkylation sites (tertiary alicyclic amines) is 1. The van der Waals surface area contributed by atoms with Gasteiger partial charge in [0.15, 0.2) is 0 Å². The number of nitrogens with one attached hydrogen (secondary N) is 1. The second-order valence-corrected chi connectivity index (χ2v) is 12.1. The Hall–Kier alpha value is -3.52. The lowest BCUT2D eigenvalue weighted by Gasteiger charge is -2.39. The molecular weight excluding hydrogens is 490 g/mol. The summed E-state index contributed by atoms with van der Waals surface area (Å²) < 4.78 is 2.08. The summed E-state index contributed by atoms with van der Waals surface area (Å²) in [6.45, 7) is 3.59. The fraction of sp³-hybridized carbons (Fsp3) is 0.484. The van der Waals surface area contributed by atoms with Gasteiger partial charge in [0.1, 0.15) is 11.7 Å². The lowest BCUT2D eigenvalue weighted by atomic mass is 9.77. The highest BCUT2D eigenvalue weighted by atomic mass is 16.2. The molecule has 3 fully saturated rings. The third-order valence-corrected chi connectivity index (χ3v) is 9.72. The molecule has 2 saturated heterocycles. The van der Waals surface area contributed by atoms with E-state index in [1.807, 2.05) is 25.2 Å². The molecule has 1 spiro atoms. The summed E-state index contributed by atoms with van der Waals surface area (Å²) >= 11 is 0. The molecule has 8 nitrogen and oxygen atoms in total. The van der Waals surface area contributed by atoms with Crippen LogP contribution < -0.4 is 5.32 Å². The SMILES string of the molecule is Cn1ccc2c(CN3CCC4(CCCC4)CC3)cc(-c3ccc4c(c3)CN(C3CCC(=O)NC3=O)C4=O)nc21. The summed E-state index contributed by atoms with van der Waals surface area (Å²) in [4.78, 5) is 46.4. The van der Waals surface area contributed by atoms with Crippen molar-refractivity contribution in [3.63, 3.8) is 0 Å². The number of carbonyl (C=O) groups is 3. The van der Waals surface area contributed by atoms with Gasteiger partial charge in [-0.15, -0.1) is 0 Å². The first kappa shape index (κ1) is 24.5. The van der Waals surface area contributed by atoms with E-state index in [-0.39, 0.29) is 24.1 Å². The van der Waals surface area contributed by atoms with Gasteiger partial charge in [-0.25, -0.2) is 4.98 Å². The maximum Gasteiger partial charge on any atom is 0.255 e. The van der Waals surface area contributed by atoms with Gasteiger partial charge in [0.2, 0.25) is 11.8 Å². The molecule has 4 aliphatic rings. The van der Waals surface area contributed by atoms with Crippen molar-refractivity contribution in [3.05, 3.63) is 53.2 Å². The Kier molecular flexibility index (Phi) is 5.84. The second-order valence-electron chi connectivity index (χ2n) is 12.1. The fourth-order valence-corrected chi connectivity index (χ4v) is 7.36. The predicted molar refractivity (Wildman–Crippen MR) is 148 cm³/mol. The molecule has 8 heteroatoms. The Bertz CT molecular complexity index is 1490. The van der Waals surface area contributed by atoms with E-state index in [4.69, 9.17) is 4.98 Å². The summed E-state index contributed by atoms with van der Waals surface area (Å²) in [5.41, 5.74) is 6.25. The smallest absolute Gasteiger partial charge is 0.255 e. The van der Waals surface area contributed by atoms with Crippen molar-refractivity contribution in [1.82, 2.24) is 24.7 Å². The average Bonchev–Trinajstić information content (AvgIpc) is 3.63. The number of imide groups is 1. The Labute approximate surface area is 228 Å². The Morgan fingerprint density at radius 2 is 1.82 bits per heavy atom. The standard InChI is InChI=1S/C31H35N5O3/c1-34-13-8-23-22(18-35-14-11-31(12-15-35)9-2-3-10-31)17-25(32-28(23)34)20-4-5-24-21(16-20)19-36(30(24)39)26-6-7-27(37)33-29(26)38/h4-5,8,13,16-17,26H,2-3,6-7,9-12,14-15,18-19H2,1H3,(H,33,37,38). The van der Waals surface area contributed by atoms with Crippen LogP contribution in [0.2, 0.25) is 0 Å². The molecule has 1 unspecified atom stereocenters. The van der Waals surface area contributed by atoms with Gasteiger partial charge in [0, 0.05) is 49.3 Å². The lowest BCUT2D eigenvalue weighted by Crippen LogP contribution is -2.52. The molecule has 0 bridgehead atoms. The molecule has 1 atom stereocenters. The third-order valence-electron chi connectivity index (χ3n) is 9.72. The van der Waals surface area contributed by atoms with Crippen LogP contribution in [0.3, 0.4) is 0 Å². The number of hydrogen-bond acceptors (Lipinski definition) is 5. The number of fused-ring (bicyclic) bond motifs is 2. The number of amides is 3. The largest absolute Gasteiger partial charge is 0.336 e. The van der Waals surface area contributed by atoms with Gasteiger partial charge in [0.25, 0.3) is 5.91 Å². The Morgan fingerprint density at radius 3 is 2.59 bits per heavy atom. The number of hydrogen-bond donors (Lipinski definition) is 1. The van der Waals surface area contributed by atoms with E-state index in [2.05, 4.69) is 33.1 Å². The summed E-state index contributed by atoms with van der Waals surface area (Å²) in [6, 6.07) is 9.66. The zero-order valence-corrected chi connectivity index (χ0v) is 22.5. The number of benzene rings is 1. The Balaban J connectivity index is 1.16. The van der Waals surface area contributed by atoms with Crippen molar-refractivity contribution in [2.24, 2.45) is 12.5 Å². The molecule has 0 radical (unpaired) electrons. The molecule has 3 aliphatic heterocycles. The lowest BCUT2D eigenvalue weighted by molar-refractivity contribution is -0.136. The maximum absolute atomic E-state index is 13.2. The minimum Gasteiger partial charge on any atom is -0.336 e. The van der Waals surface area contributed by atoms with Crippen molar-refractivity contribution in [2.75, 3.05) is 13.1 Å². The highest BCUT2D eigenvalue weighted by Gasteiger charge is 2.39. The van der Waals surface area contributed by atoms with Crippen LogP contribution in [-0.2, 0) is 29.7 Å². The zero-order valence-electron chi connectivity index (χ0n) is 22.5. The number of carbonyl (C=O) groups excluding carboxylic acids is 3. The molecule has 1 aromatic carbocycles. The molecule has 202 valence electrons. The number of piperidine rings is 2. The van der Waals surface area contributed by atoms with Crippen molar-refractivity contribution in [3.8, 4) is 11.3 Å². The summed E-state index contributed by atoms with van der Waals surface area (Å²) in [5, 5.41) is 3.57. The van der Waals surface area contributed by atoms with Crippen LogP contribution in [-0.4, -0.2) is 56.2 Å². The molecule has 3 amide bonds. The second kappa shape index (κ2) is 9.30. The van der Waals surface area contributed by atoms with Crippen LogP contribution in [0.4, 0.5) is 0 Å². The van der Waals surface area contributed by atoms with E-state index in [9.17, 15) is 14.4 Å². The first-order chi connectivity index (χ1) is 18.9. The maximum atomic E-state index is 13.2. The monoisotopic (exact) mass is 525 g/mol. The summed E-state index contributed by atoms with van der Waals surface area (Å²) in [7, 11) is 2.03. The average molecular weight is 526 g/mol. The highest BCUT2D eigenvalue weighted by Crippen LogP contribution is 2.46. The number of aromatic nitrogens is 2. The number of aryl methyl sites for hydroxylation is 1. The van der Waals surface area contributed by atoms with Gasteiger partial charge in [-0.3, -0.25) is 24.6 Å². The Morgan fingerprint density at radius 1 is 1.03 bits per heavy atom. The molecule has 7 rings (SSSR count). The van der Waals surface area contributed by atoms with Gasteiger partial charge in [0.05, 0.1) is 5.69 Å². The summed E-state index contributed by atoms with van der Waals surface area (Å²) in [5.74, 6) is -0.810.